The summed E-state index contributed by atoms with van der Waals surface area (Å²) < 4.78 is 5.16. The van der Waals surface area contributed by atoms with Crippen molar-refractivity contribution < 1.29 is 14.6 Å². The maximum absolute atomic E-state index is 11.1. The number of rotatable bonds is 3. The van der Waals surface area contributed by atoms with E-state index in [-0.39, 0.29) is 11.5 Å². The van der Waals surface area contributed by atoms with Crippen LogP contribution in [0.3, 0.4) is 0 Å². The molecule has 1 aromatic carbocycles. The molecule has 0 aliphatic carbocycles. The van der Waals surface area contributed by atoms with E-state index in [1.165, 1.54) is 0 Å². The highest BCUT2D eigenvalue weighted by Gasteiger charge is 2.37. The first-order chi connectivity index (χ1) is 8.94. The maximum Gasteiger partial charge on any atom is 0.306 e. The highest BCUT2D eigenvalue weighted by Crippen LogP contribution is 2.36. The fraction of sp³-hybridized carbons (Fsp3) is 0.533. The highest BCUT2D eigenvalue weighted by atomic mass is 16.5. The first kappa shape index (κ1) is 13.7. The van der Waals surface area contributed by atoms with Crippen molar-refractivity contribution in [3.8, 4) is 5.75 Å². The molecule has 2 rings (SSSR count). The number of piperidine rings is 1. The predicted molar refractivity (Wildman–Crippen MR) is 74.8 cm³/mol. The molecule has 0 aromatic heterocycles. The zero-order chi connectivity index (χ0) is 14.0. The van der Waals surface area contributed by atoms with E-state index in [9.17, 15) is 4.79 Å². The van der Waals surface area contributed by atoms with Crippen LogP contribution >= 0.6 is 0 Å². The molecular weight excluding hydrogens is 242 g/mol. The SMILES string of the molecule is COc1ccc(N2CCC(C(=O)O)CC2(C)C)cc1. The van der Waals surface area contributed by atoms with Gasteiger partial charge in [-0.1, -0.05) is 0 Å². The molecule has 0 amide bonds. The molecule has 1 fully saturated rings. The maximum atomic E-state index is 11.1. The Morgan fingerprint density at radius 3 is 2.47 bits per heavy atom. The van der Waals surface area contributed by atoms with Crippen molar-refractivity contribution in [3.63, 3.8) is 0 Å². The average Bonchev–Trinajstić information content (AvgIpc) is 2.37. The van der Waals surface area contributed by atoms with Gasteiger partial charge in [-0.3, -0.25) is 4.79 Å². The Hall–Kier alpha value is -1.71. The summed E-state index contributed by atoms with van der Waals surface area (Å²) in [6, 6.07) is 7.94. The minimum absolute atomic E-state index is 0.143. The van der Waals surface area contributed by atoms with Crippen LogP contribution in [0.2, 0.25) is 0 Å². The summed E-state index contributed by atoms with van der Waals surface area (Å²) in [5.74, 6) is -0.0751. The molecule has 0 saturated carbocycles. The molecule has 0 radical (unpaired) electrons. The van der Waals surface area contributed by atoms with E-state index < -0.39 is 5.97 Å². The second-order valence-electron chi connectivity index (χ2n) is 5.69. The summed E-state index contributed by atoms with van der Waals surface area (Å²) in [6.07, 6.45) is 1.37. The first-order valence-electron chi connectivity index (χ1n) is 6.58. The molecule has 1 aliphatic heterocycles. The van der Waals surface area contributed by atoms with Gasteiger partial charge in [-0.25, -0.2) is 0 Å². The third-order valence-corrected chi connectivity index (χ3v) is 3.91. The van der Waals surface area contributed by atoms with Crippen LogP contribution in [-0.4, -0.2) is 30.3 Å². The Kier molecular flexibility index (Phi) is 3.69. The molecule has 4 nitrogen and oxygen atoms in total. The van der Waals surface area contributed by atoms with E-state index in [2.05, 4.69) is 18.7 Å². The summed E-state index contributed by atoms with van der Waals surface area (Å²) >= 11 is 0. The summed E-state index contributed by atoms with van der Waals surface area (Å²) in [5.41, 5.74) is 0.977. The molecule has 104 valence electrons. The van der Waals surface area contributed by atoms with Gasteiger partial charge in [-0.2, -0.15) is 0 Å². The van der Waals surface area contributed by atoms with Crippen molar-refractivity contribution in [2.24, 2.45) is 5.92 Å². The van der Waals surface area contributed by atoms with E-state index >= 15 is 0 Å². The molecule has 1 saturated heterocycles. The fourth-order valence-electron chi connectivity index (χ4n) is 2.85. The molecule has 1 heterocycles. The number of carboxylic acid groups (broad SMARTS) is 1. The number of carboxylic acids is 1. The first-order valence-corrected chi connectivity index (χ1v) is 6.58. The fourth-order valence-corrected chi connectivity index (χ4v) is 2.85. The second-order valence-corrected chi connectivity index (χ2v) is 5.69. The Morgan fingerprint density at radius 2 is 2.00 bits per heavy atom. The van der Waals surface area contributed by atoms with Gasteiger partial charge in [0.2, 0.25) is 0 Å². The predicted octanol–water partition coefficient (Wildman–Crippen LogP) is 2.77. The number of hydrogen-bond donors (Lipinski definition) is 1. The van der Waals surface area contributed by atoms with Crippen LogP contribution in [0, 0.1) is 5.92 Å². The zero-order valence-corrected chi connectivity index (χ0v) is 11.7. The van der Waals surface area contributed by atoms with E-state index in [4.69, 9.17) is 9.84 Å². The van der Waals surface area contributed by atoms with E-state index in [0.29, 0.717) is 12.8 Å². The highest BCUT2D eigenvalue weighted by molar-refractivity contribution is 5.71. The van der Waals surface area contributed by atoms with Crippen molar-refractivity contribution in [3.05, 3.63) is 24.3 Å². The van der Waals surface area contributed by atoms with Crippen LogP contribution in [0.15, 0.2) is 24.3 Å². The quantitative estimate of drug-likeness (QED) is 0.911. The minimum Gasteiger partial charge on any atom is -0.497 e. The number of carbonyl (C=O) groups is 1. The Balaban J connectivity index is 2.18. The largest absolute Gasteiger partial charge is 0.497 e. The van der Waals surface area contributed by atoms with Gasteiger partial charge in [0, 0.05) is 17.8 Å². The van der Waals surface area contributed by atoms with Gasteiger partial charge in [0.1, 0.15) is 5.75 Å². The molecule has 1 N–H and O–H groups in total. The van der Waals surface area contributed by atoms with E-state index in [1.807, 2.05) is 24.3 Å². The van der Waals surface area contributed by atoms with Crippen LogP contribution < -0.4 is 9.64 Å². The molecule has 19 heavy (non-hydrogen) atoms. The van der Waals surface area contributed by atoms with E-state index in [0.717, 1.165) is 18.0 Å². The van der Waals surface area contributed by atoms with Crippen LogP contribution in [0.5, 0.6) is 5.75 Å². The Labute approximate surface area is 114 Å². The third kappa shape index (κ3) is 2.83. The van der Waals surface area contributed by atoms with Gasteiger partial charge < -0.3 is 14.7 Å². The van der Waals surface area contributed by atoms with Crippen molar-refractivity contribution in [2.75, 3.05) is 18.6 Å². The molecule has 0 bridgehead atoms. The van der Waals surface area contributed by atoms with Crippen LogP contribution in [-0.2, 0) is 4.79 Å². The van der Waals surface area contributed by atoms with Gasteiger partial charge >= 0.3 is 5.97 Å². The molecule has 1 atom stereocenters. The summed E-state index contributed by atoms with van der Waals surface area (Å²) in [6.45, 7) is 4.98. The molecule has 1 unspecified atom stereocenters. The number of benzene rings is 1. The smallest absolute Gasteiger partial charge is 0.306 e. The van der Waals surface area contributed by atoms with Gasteiger partial charge in [0.05, 0.1) is 13.0 Å². The van der Waals surface area contributed by atoms with Crippen molar-refractivity contribution in [1.29, 1.82) is 0 Å². The lowest BCUT2D eigenvalue weighted by Crippen LogP contribution is -2.51. The van der Waals surface area contributed by atoms with Crippen LogP contribution in [0.1, 0.15) is 26.7 Å². The van der Waals surface area contributed by atoms with Gasteiger partial charge in [0.25, 0.3) is 0 Å². The average molecular weight is 263 g/mol. The normalized spacial score (nSPS) is 22.1. The minimum atomic E-state index is -0.678. The van der Waals surface area contributed by atoms with Gasteiger partial charge in [-0.15, -0.1) is 0 Å². The number of methoxy groups -OCH3 is 1. The summed E-state index contributed by atoms with van der Waals surface area (Å²) in [4.78, 5) is 13.4. The Morgan fingerprint density at radius 1 is 1.37 bits per heavy atom. The summed E-state index contributed by atoms with van der Waals surface area (Å²) in [7, 11) is 1.65. The lowest BCUT2D eigenvalue weighted by Gasteiger charge is -2.46. The lowest BCUT2D eigenvalue weighted by atomic mass is 9.82. The zero-order valence-electron chi connectivity index (χ0n) is 11.7. The molecule has 0 spiro atoms. The Bertz CT molecular complexity index is 453. The number of ether oxygens (including phenoxy) is 1. The van der Waals surface area contributed by atoms with Crippen molar-refractivity contribution in [1.82, 2.24) is 0 Å². The second kappa shape index (κ2) is 5.11. The van der Waals surface area contributed by atoms with Crippen LogP contribution in [0.4, 0.5) is 5.69 Å². The number of hydrogen-bond acceptors (Lipinski definition) is 3. The van der Waals surface area contributed by atoms with Gasteiger partial charge in [-0.05, 0) is 51.0 Å². The van der Waals surface area contributed by atoms with Crippen molar-refractivity contribution >= 4 is 11.7 Å². The molecule has 1 aliphatic rings. The molecule has 1 aromatic rings. The summed E-state index contributed by atoms with van der Waals surface area (Å²) in [5, 5.41) is 9.16. The van der Waals surface area contributed by atoms with Gasteiger partial charge in [0.15, 0.2) is 0 Å². The standard InChI is InChI=1S/C15H21NO3/c1-15(2)10-11(14(17)18)8-9-16(15)12-4-6-13(19-3)7-5-12/h4-7,11H,8-10H2,1-3H3,(H,17,18). The number of nitrogens with zero attached hydrogens (tertiary/aromatic N) is 1. The third-order valence-electron chi connectivity index (χ3n) is 3.91. The molecule has 4 heteroatoms. The molecular formula is C15H21NO3. The van der Waals surface area contributed by atoms with Crippen molar-refractivity contribution in [2.45, 2.75) is 32.2 Å². The monoisotopic (exact) mass is 263 g/mol. The lowest BCUT2D eigenvalue weighted by molar-refractivity contribution is -0.143. The van der Waals surface area contributed by atoms with Crippen LogP contribution in [0.25, 0.3) is 0 Å². The topological polar surface area (TPSA) is 49.8 Å². The number of anilines is 1. The number of aliphatic carboxylic acids is 1. The van der Waals surface area contributed by atoms with E-state index in [1.54, 1.807) is 7.11 Å².